The van der Waals surface area contributed by atoms with Crippen LogP contribution in [0.5, 0.6) is 0 Å². The quantitative estimate of drug-likeness (QED) is 0.444. The first-order chi connectivity index (χ1) is 17.2. The Morgan fingerprint density at radius 3 is 2.64 bits per heavy atom. The van der Waals surface area contributed by atoms with Gasteiger partial charge in [-0.2, -0.15) is 18.2 Å². The van der Waals surface area contributed by atoms with Gasteiger partial charge in [-0.1, -0.05) is 6.07 Å². The first-order valence-corrected chi connectivity index (χ1v) is 11.2. The number of nitrogens with one attached hydrogen (secondary N) is 2. The third-order valence-electron chi connectivity index (χ3n) is 6.11. The number of alkyl halides is 3. The fraction of sp³-hybridized carbons (Fsp3) is 0.240. The molecule has 8 nitrogen and oxygen atoms in total. The van der Waals surface area contributed by atoms with Crippen LogP contribution in [0.15, 0.2) is 47.6 Å². The Balaban J connectivity index is 1.57. The third-order valence-corrected chi connectivity index (χ3v) is 6.11. The zero-order chi connectivity index (χ0) is 25.6. The van der Waals surface area contributed by atoms with Gasteiger partial charge in [0.1, 0.15) is 17.3 Å². The molecule has 1 aromatic heterocycles. The molecule has 36 heavy (non-hydrogen) atoms. The maximum atomic E-state index is 13.1. The fourth-order valence-corrected chi connectivity index (χ4v) is 4.31. The largest absolute Gasteiger partial charge is 0.416 e. The van der Waals surface area contributed by atoms with Crippen LogP contribution < -0.4 is 16.3 Å². The zero-order valence-corrected chi connectivity index (χ0v) is 19.7. The minimum Gasteiger partial charge on any atom is -0.369 e. The van der Waals surface area contributed by atoms with Gasteiger partial charge < -0.3 is 15.2 Å². The number of benzene rings is 1. The normalized spacial score (nSPS) is 13.6. The Morgan fingerprint density at radius 2 is 1.89 bits per heavy atom. The van der Waals surface area contributed by atoms with Gasteiger partial charge in [0.05, 0.1) is 11.3 Å². The second-order valence-corrected chi connectivity index (χ2v) is 8.47. The number of anilines is 2. The van der Waals surface area contributed by atoms with E-state index in [0.717, 1.165) is 71.0 Å². The molecule has 0 atom stereocenters. The van der Waals surface area contributed by atoms with Crippen molar-refractivity contribution in [2.75, 3.05) is 24.2 Å². The molecule has 1 amide bonds. The van der Waals surface area contributed by atoms with Gasteiger partial charge in [0.25, 0.3) is 5.91 Å². The van der Waals surface area contributed by atoms with Crippen molar-refractivity contribution in [2.45, 2.75) is 26.6 Å². The summed E-state index contributed by atoms with van der Waals surface area (Å²) in [6.07, 6.45) is -3.59. The van der Waals surface area contributed by atoms with Crippen molar-refractivity contribution in [3.8, 4) is 22.5 Å². The van der Waals surface area contributed by atoms with Crippen molar-refractivity contribution < 1.29 is 18.0 Å². The molecular formula is C25H22F3N7O. The summed E-state index contributed by atoms with van der Waals surface area (Å²) in [5.74, 6) is 0.936. The summed E-state index contributed by atoms with van der Waals surface area (Å²) >= 11 is 0. The number of amides is 1. The SMILES string of the molecule is CN=c1nc(C)c2cc(-c3cc(NC(=O)c4cc(C(F)(F)F)ccn4)ccc3C)c3n(c-2n1)CCN3. The molecule has 0 bridgehead atoms. The average molecular weight is 493 g/mol. The molecule has 0 saturated carbocycles. The Morgan fingerprint density at radius 1 is 1.08 bits per heavy atom. The summed E-state index contributed by atoms with van der Waals surface area (Å²) < 4.78 is 41.2. The number of carbonyl (C=O) groups is 1. The zero-order valence-electron chi connectivity index (χ0n) is 19.7. The first kappa shape index (κ1) is 23.5. The number of aromatic nitrogens is 4. The maximum absolute atomic E-state index is 13.1. The minimum atomic E-state index is -4.57. The molecule has 1 aromatic carbocycles. The van der Waals surface area contributed by atoms with E-state index in [1.807, 2.05) is 26.0 Å². The van der Waals surface area contributed by atoms with E-state index < -0.39 is 17.6 Å². The molecule has 5 rings (SSSR count). The molecule has 0 unspecified atom stereocenters. The second-order valence-electron chi connectivity index (χ2n) is 8.47. The summed E-state index contributed by atoms with van der Waals surface area (Å²) in [5, 5.41) is 6.09. The first-order valence-electron chi connectivity index (χ1n) is 11.2. The lowest BCUT2D eigenvalue weighted by Crippen LogP contribution is -2.20. The van der Waals surface area contributed by atoms with E-state index >= 15 is 0 Å². The molecule has 3 aliphatic heterocycles. The van der Waals surface area contributed by atoms with Crippen LogP contribution in [0.1, 0.15) is 27.3 Å². The second kappa shape index (κ2) is 8.74. The van der Waals surface area contributed by atoms with Crippen LogP contribution in [0.25, 0.3) is 22.5 Å². The van der Waals surface area contributed by atoms with Crippen molar-refractivity contribution in [3.05, 3.63) is 70.7 Å². The number of rotatable bonds is 3. The Labute approximate surface area is 204 Å². The highest BCUT2D eigenvalue weighted by Gasteiger charge is 2.31. The van der Waals surface area contributed by atoms with E-state index in [1.165, 1.54) is 0 Å². The van der Waals surface area contributed by atoms with Gasteiger partial charge >= 0.3 is 6.18 Å². The number of carbonyl (C=O) groups excluding carboxylic acids is 1. The van der Waals surface area contributed by atoms with E-state index in [9.17, 15) is 18.0 Å². The Hall–Kier alpha value is -4.28. The van der Waals surface area contributed by atoms with Gasteiger partial charge in [-0.05, 0) is 55.3 Å². The summed E-state index contributed by atoms with van der Waals surface area (Å²) in [5.41, 5.74) is 3.99. The highest BCUT2D eigenvalue weighted by molar-refractivity contribution is 6.03. The van der Waals surface area contributed by atoms with E-state index in [4.69, 9.17) is 0 Å². The molecule has 184 valence electrons. The highest BCUT2D eigenvalue weighted by atomic mass is 19.4. The molecule has 11 heteroatoms. The molecule has 0 fully saturated rings. The van der Waals surface area contributed by atoms with Crippen molar-refractivity contribution >= 4 is 17.4 Å². The number of fused-ring (bicyclic) bond motifs is 3. The topological polar surface area (TPSA) is 97.1 Å². The number of pyridine rings is 2. The van der Waals surface area contributed by atoms with E-state index in [-0.39, 0.29) is 5.69 Å². The monoisotopic (exact) mass is 493 g/mol. The lowest BCUT2D eigenvalue weighted by molar-refractivity contribution is -0.137. The molecule has 0 radical (unpaired) electrons. The van der Waals surface area contributed by atoms with Crippen LogP contribution >= 0.6 is 0 Å². The van der Waals surface area contributed by atoms with Gasteiger partial charge in [0, 0.05) is 43.1 Å². The van der Waals surface area contributed by atoms with Crippen molar-refractivity contribution in [1.29, 1.82) is 0 Å². The summed E-state index contributed by atoms with van der Waals surface area (Å²) in [6.45, 7) is 5.30. The van der Waals surface area contributed by atoms with Crippen LogP contribution in [0, 0.1) is 13.8 Å². The number of hydrogen-bond donors (Lipinski definition) is 2. The summed E-state index contributed by atoms with van der Waals surface area (Å²) in [7, 11) is 1.65. The predicted molar refractivity (Wildman–Crippen MR) is 129 cm³/mol. The van der Waals surface area contributed by atoms with E-state index in [1.54, 1.807) is 19.2 Å². The number of halogens is 3. The predicted octanol–water partition coefficient (Wildman–Crippen LogP) is 4.29. The van der Waals surface area contributed by atoms with E-state index in [0.29, 0.717) is 11.3 Å². The van der Waals surface area contributed by atoms with Crippen LogP contribution in [0.2, 0.25) is 0 Å². The molecular weight excluding hydrogens is 471 g/mol. The van der Waals surface area contributed by atoms with Gasteiger partial charge in [0.15, 0.2) is 0 Å². The molecule has 3 aliphatic rings. The van der Waals surface area contributed by atoms with Crippen molar-refractivity contribution in [2.24, 2.45) is 4.99 Å². The van der Waals surface area contributed by atoms with Crippen LogP contribution in [-0.2, 0) is 12.7 Å². The summed E-state index contributed by atoms with van der Waals surface area (Å²) in [6, 6.07) is 8.93. The highest BCUT2D eigenvalue weighted by Crippen LogP contribution is 2.39. The lowest BCUT2D eigenvalue weighted by Gasteiger charge is -2.20. The average Bonchev–Trinajstić information content (AvgIpc) is 3.35. The smallest absolute Gasteiger partial charge is 0.369 e. The van der Waals surface area contributed by atoms with Crippen LogP contribution in [0.4, 0.5) is 24.7 Å². The van der Waals surface area contributed by atoms with Crippen LogP contribution in [-0.4, -0.2) is 39.0 Å². The lowest BCUT2D eigenvalue weighted by atomic mass is 9.97. The third kappa shape index (κ3) is 4.16. The van der Waals surface area contributed by atoms with Crippen molar-refractivity contribution in [3.63, 3.8) is 0 Å². The fourth-order valence-electron chi connectivity index (χ4n) is 4.31. The van der Waals surface area contributed by atoms with Crippen molar-refractivity contribution in [1.82, 2.24) is 19.5 Å². The molecule has 0 saturated heterocycles. The molecule has 2 N–H and O–H groups in total. The number of nitrogens with zero attached hydrogens (tertiary/aromatic N) is 5. The minimum absolute atomic E-state index is 0.319. The number of hydrogen-bond acceptors (Lipinski definition) is 6. The van der Waals surface area contributed by atoms with Gasteiger partial charge in [-0.25, -0.2) is 4.98 Å². The molecule has 4 heterocycles. The maximum Gasteiger partial charge on any atom is 0.416 e. The Bertz CT molecular complexity index is 1540. The van der Waals surface area contributed by atoms with Gasteiger partial charge in [-0.15, -0.1) is 0 Å². The standard InChI is InChI=1S/C25H22F3N7O/c1-13-4-5-16(33-23(36)20-10-15(6-7-30-20)25(26,27)28)11-17(13)19-12-18-14(2)32-24(29-3)34-22(18)35-9-8-31-21(19)35/h4-7,10-12,31H,8-9H2,1-3H3,(H,33,36). The summed E-state index contributed by atoms with van der Waals surface area (Å²) in [4.78, 5) is 29.7. The van der Waals surface area contributed by atoms with Gasteiger partial charge in [0.2, 0.25) is 5.62 Å². The van der Waals surface area contributed by atoms with Crippen LogP contribution in [0.3, 0.4) is 0 Å². The molecule has 0 aliphatic carbocycles. The molecule has 0 spiro atoms. The molecule has 2 aromatic rings. The number of aryl methyl sites for hydroxylation is 2. The van der Waals surface area contributed by atoms with Gasteiger partial charge in [-0.3, -0.25) is 14.8 Å². The Kier molecular flexibility index (Phi) is 5.70. The van der Waals surface area contributed by atoms with E-state index in [2.05, 4.69) is 35.1 Å².